The second-order valence-electron chi connectivity index (χ2n) is 5.32. The molecule has 1 heterocycles. The molecule has 1 aromatic heterocycles. The molecule has 0 aliphatic heterocycles. The quantitative estimate of drug-likeness (QED) is 0.594. The minimum absolute atomic E-state index is 0.345. The van der Waals surface area contributed by atoms with Gasteiger partial charge in [-0.1, -0.05) is 26.7 Å². The number of fused-ring (bicyclic) bond motifs is 3. The van der Waals surface area contributed by atoms with E-state index < -0.39 is 11.6 Å². The highest BCUT2D eigenvalue weighted by molar-refractivity contribution is 6.08. The van der Waals surface area contributed by atoms with Crippen LogP contribution in [0.1, 0.15) is 26.7 Å². The second kappa shape index (κ2) is 7.90. The number of nitrogens with zero attached hydrogens (tertiary/aromatic N) is 1. The number of ether oxygens (including phenoxy) is 2. The lowest BCUT2D eigenvalue weighted by Crippen LogP contribution is -1.94. The van der Waals surface area contributed by atoms with E-state index in [0.29, 0.717) is 27.9 Å². The first-order valence-electron chi connectivity index (χ1n) is 7.86. The van der Waals surface area contributed by atoms with Gasteiger partial charge >= 0.3 is 0 Å². The van der Waals surface area contributed by atoms with E-state index in [4.69, 9.17) is 9.47 Å². The lowest BCUT2D eigenvalue weighted by molar-refractivity contribution is 0.403. The van der Waals surface area contributed by atoms with Crippen molar-refractivity contribution in [2.24, 2.45) is 0 Å². The Morgan fingerprint density at radius 3 is 2.08 bits per heavy atom. The molecule has 3 nitrogen and oxygen atoms in total. The predicted molar refractivity (Wildman–Crippen MR) is 92.9 cm³/mol. The first-order valence-corrected chi connectivity index (χ1v) is 7.86. The summed E-state index contributed by atoms with van der Waals surface area (Å²) in [6.45, 7) is 4.36. The Morgan fingerprint density at radius 1 is 0.833 bits per heavy atom. The minimum atomic E-state index is -0.931. The van der Waals surface area contributed by atoms with Crippen LogP contribution in [0.25, 0.3) is 21.7 Å². The second-order valence-corrected chi connectivity index (χ2v) is 5.32. The van der Waals surface area contributed by atoms with Gasteiger partial charge in [-0.25, -0.2) is 13.8 Å². The third-order valence-corrected chi connectivity index (χ3v) is 3.70. The predicted octanol–water partition coefficient (Wildman–Crippen LogP) is 5.49. The van der Waals surface area contributed by atoms with Gasteiger partial charge in [0, 0.05) is 16.8 Å². The van der Waals surface area contributed by atoms with E-state index in [2.05, 4.69) is 18.8 Å². The van der Waals surface area contributed by atoms with Crippen LogP contribution in [0.2, 0.25) is 0 Å². The van der Waals surface area contributed by atoms with Crippen molar-refractivity contribution in [3.8, 4) is 11.6 Å². The van der Waals surface area contributed by atoms with E-state index in [1.807, 2.05) is 0 Å². The van der Waals surface area contributed by atoms with Crippen LogP contribution in [0.3, 0.4) is 0 Å². The van der Waals surface area contributed by atoms with Gasteiger partial charge in [0.05, 0.1) is 19.7 Å². The lowest BCUT2D eigenvalue weighted by atomic mass is 10.1. The number of unbranched alkanes of at least 4 members (excludes halogenated alkanes) is 1. The molecule has 3 aromatic rings. The summed E-state index contributed by atoms with van der Waals surface area (Å²) in [5.74, 6) is -0.849. The molecular formula is C19H21F2NO2. The fourth-order valence-corrected chi connectivity index (χ4v) is 2.23. The zero-order chi connectivity index (χ0) is 17.7. The number of methoxy groups -OCH3 is 2. The normalized spacial score (nSPS) is 10.4. The molecule has 5 heteroatoms. The summed E-state index contributed by atoms with van der Waals surface area (Å²) in [5.41, 5.74) is 0.346. The molecule has 0 amide bonds. The monoisotopic (exact) mass is 333 g/mol. The molecule has 0 fully saturated rings. The van der Waals surface area contributed by atoms with E-state index in [1.165, 1.54) is 20.0 Å². The molecule has 0 atom stereocenters. The number of halogens is 2. The van der Waals surface area contributed by atoms with Gasteiger partial charge in [-0.05, 0) is 29.7 Å². The molecule has 0 aliphatic rings. The Hall–Kier alpha value is -2.43. The van der Waals surface area contributed by atoms with Crippen LogP contribution in [-0.2, 0) is 0 Å². The number of benzene rings is 2. The van der Waals surface area contributed by atoms with Gasteiger partial charge in [0.1, 0.15) is 5.75 Å². The van der Waals surface area contributed by atoms with Crippen molar-refractivity contribution in [3.63, 3.8) is 0 Å². The molecule has 0 aliphatic carbocycles. The van der Waals surface area contributed by atoms with E-state index >= 15 is 0 Å². The molecular weight excluding hydrogens is 312 g/mol. The van der Waals surface area contributed by atoms with Crippen LogP contribution in [0.5, 0.6) is 11.6 Å². The number of pyridine rings is 1. The average Bonchev–Trinajstić information content (AvgIpc) is 2.62. The van der Waals surface area contributed by atoms with Crippen LogP contribution in [-0.4, -0.2) is 19.2 Å². The molecule has 0 saturated heterocycles. The van der Waals surface area contributed by atoms with Crippen molar-refractivity contribution in [1.82, 2.24) is 4.98 Å². The number of hydrogen-bond acceptors (Lipinski definition) is 3. The van der Waals surface area contributed by atoms with Crippen molar-refractivity contribution in [2.45, 2.75) is 26.7 Å². The summed E-state index contributed by atoms with van der Waals surface area (Å²) in [6.07, 6.45) is 2.64. The molecule has 2 aromatic carbocycles. The summed E-state index contributed by atoms with van der Waals surface area (Å²) < 4.78 is 37.2. The molecule has 0 N–H and O–H groups in total. The summed E-state index contributed by atoms with van der Waals surface area (Å²) in [7, 11) is 3.03. The Morgan fingerprint density at radius 2 is 1.50 bits per heavy atom. The van der Waals surface area contributed by atoms with Crippen molar-refractivity contribution >= 4 is 21.7 Å². The Bertz CT molecular complexity index is 848. The molecule has 128 valence electrons. The van der Waals surface area contributed by atoms with Gasteiger partial charge in [0.2, 0.25) is 5.88 Å². The molecule has 0 spiro atoms. The maximum atomic E-state index is 13.4. The maximum Gasteiger partial charge on any atom is 0.221 e. The van der Waals surface area contributed by atoms with Crippen LogP contribution < -0.4 is 9.47 Å². The fraction of sp³-hybridized carbons (Fsp3) is 0.316. The fourth-order valence-electron chi connectivity index (χ4n) is 2.23. The van der Waals surface area contributed by atoms with E-state index in [0.717, 1.165) is 17.5 Å². The molecule has 0 bridgehead atoms. The number of aromatic nitrogens is 1. The van der Waals surface area contributed by atoms with Gasteiger partial charge in [-0.15, -0.1) is 0 Å². The highest BCUT2D eigenvalue weighted by Crippen LogP contribution is 2.33. The zero-order valence-corrected chi connectivity index (χ0v) is 14.3. The third-order valence-electron chi connectivity index (χ3n) is 3.70. The summed E-state index contributed by atoms with van der Waals surface area (Å²) in [4.78, 5) is 4.21. The van der Waals surface area contributed by atoms with Crippen molar-refractivity contribution < 1.29 is 18.3 Å². The van der Waals surface area contributed by atoms with Crippen molar-refractivity contribution in [2.75, 3.05) is 14.2 Å². The Kier molecular flexibility index (Phi) is 5.90. The first-order chi connectivity index (χ1) is 11.5. The molecule has 0 radical (unpaired) electrons. The zero-order valence-electron chi connectivity index (χ0n) is 14.3. The largest absolute Gasteiger partial charge is 0.497 e. The van der Waals surface area contributed by atoms with E-state index in [1.54, 1.807) is 25.3 Å². The first kappa shape index (κ1) is 17.9. The molecule has 24 heavy (non-hydrogen) atoms. The Balaban J connectivity index is 0.000000471. The van der Waals surface area contributed by atoms with Gasteiger partial charge in [-0.2, -0.15) is 0 Å². The van der Waals surface area contributed by atoms with Gasteiger partial charge in [-0.3, -0.25) is 0 Å². The summed E-state index contributed by atoms with van der Waals surface area (Å²) in [6, 6.07) is 7.49. The Labute approximate surface area is 140 Å². The maximum absolute atomic E-state index is 13.4. The smallest absolute Gasteiger partial charge is 0.221 e. The topological polar surface area (TPSA) is 31.4 Å². The van der Waals surface area contributed by atoms with Crippen LogP contribution in [0.15, 0.2) is 30.3 Å². The minimum Gasteiger partial charge on any atom is -0.497 e. The molecule has 0 unspecified atom stereocenters. The molecule has 3 rings (SSSR count). The van der Waals surface area contributed by atoms with Crippen molar-refractivity contribution in [3.05, 3.63) is 42.0 Å². The highest BCUT2D eigenvalue weighted by Gasteiger charge is 2.13. The summed E-state index contributed by atoms with van der Waals surface area (Å²) >= 11 is 0. The van der Waals surface area contributed by atoms with Gasteiger partial charge < -0.3 is 9.47 Å². The van der Waals surface area contributed by atoms with Gasteiger partial charge in [0.25, 0.3) is 0 Å². The third kappa shape index (κ3) is 3.55. The van der Waals surface area contributed by atoms with Crippen LogP contribution in [0.4, 0.5) is 8.78 Å². The van der Waals surface area contributed by atoms with E-state index in [9.17, 15) is 8.78 Å². The van der Waals surface area contributed by atoms with Gasteiger partial charge in [0.15, 0.2) is 11.6 Å². The standard InChI is InChI=1S/C15H11F2NO2.C4H10/c1-19-8-3-4-9-10-6-12(16)13(17)7-14(10)18-15(20-2)11(9)5-8;1-3-4-2/h3-7H,1-2H3;3-4H2,1-2H3. The number of rotatable bonds is 3. The van der Waals surface area contributed by atoms with Crippen LogP contribution in [0, 0.1) is 11.6 Å². The summed E-state index contributed by atoms with van der Waals surface area (Å²) in [5, 5.41) is 1.94. The highest BCUT2D eigenvalue weighted by atomic mass is 19.2. The average molecular weight is 333 g/mol. The van der Waals surface area contributed by atoms with Crippen LogP contribution >= 0.6 is 0 Å². The van der Waals surface area contributed by atoms with E-state index in [-0.39, 0.29) is 0 Å². The molecule has 0 saturated carbocycles. The number of hydrogen-bond donors (Lipinski definition) is 0. The SMILES string of the molecule is CCCC.COc1ccc2c(c1)c(OC)nc1cc(F)c(F)cc12. The van der Waals surface area contributed by atoms with Crippen molar-refractivity contribution in [1.29, 1.82) is 0 Å². The lowest BCUT2D eigenvalue weighted by Gasteiger charge is -2.10.